The van der Waals surface area contributed by atoms with Crippen LogP contribution in [0, 0.1) is 6.92 Å². The molecule has 0 aliphatic carbocycles. The number of nitrogens with one attached hydrogen (secondary N) is 1. The van der Waals surface area contributed by atoms with Crippen LogP contribution in [0.5, 0.6) is 23.0 Å². The van der Waals surface area contributed by atoms with E-state index in [1.807, 2.05) is 54.6 Å². The first-order valence-electron chi connectivity index (χ1n) is 12.5. The third kappa shape index (κ3) is 4.85. The molecule has 0 radical (unpaired) electrons. The van der Waals surface area contributed by atoms with Crippen molar-refractivity contribution in [2.75, 3.05) is 19.5 Å². The summed E-state index contributed by atoms with van der Waals surface area (Å²) in [4.78, 5) is 17.8. The number of carbonyl (C=O) groups excluding carboxylic acids is 1. The highest BCUT2D eigenvalue weighted by molar-refractivity contribution is 6.07. The van der Waals surface area contributed by atoms with Crippen molar-refractivity contribution in [3.63, 3.8) is 0 Å². The average molecular weight is 507 g/mol. The van der Waals surface area contributed by atoms with Crippen molar-refractivity contribution in [3.8, 4) is 23.0 Å². The Balaban J connectivity index is 1.53. The first kappa shape index (κ1) is 25.1. The number of hydrogen-bond donors (Lipinski definition) is 1. The number of pyridine rings is 1. The maximum absolute atomic E-state index is 13.4. The average Bonchev–Trinajstić information content (AvgIpc) is 2.92. The molecule has 0 aliphatic rings. The van der Waals surface area contributed by atoms with Gasteiger partial charge < -0.3 is 19.5 Å². The smallest absolute Gasteiger partial charge is 0.255 e. The number of hydrogen-bond acceptors (Lipinski definition) is 5. The molecule has 0 aliphatic heterocycles. The molecule has 0 spiro atoms. The second-order valence-corrected chi connectivity index (χ2v) is 9.51. The first-order valence-corrected chi connectivity index (χ1v) is 12.5. The Labute approximate surface area is 222 Å². The van der Waals surface area contributed by atoms with Crippen molar-refractivity contribution in [3.05, 3.63) is 95.7 Å². The van der Waals surface area contributed by atoms with E-state index in [1.165, 1.54) is 5.56 Å². The highest BCUT2D eigenvalue weighted by Crippen LogP contribution is 2.39. The largest absolute Gasteiger partial charge is 0.493 e. The lowest BCUT2D eigenvalue weighted by molar-refractivity contribution is 0.102. The van der Waals surface area contributed by atoms with Crippen LogP contribution in [0.4, 0.5) is 5.69 Å². The Morgan fingerprint density at radius 3 is 2.32 bits per heavy atom. The lowest BCUT2D eigenvalue weighted by Crippen LogP contribution is -2.12. The van der Waals surface area contributed by atoms with E-state index in [1.54, 1.807) is 32.5 Å². The zero-order valence-electron chi connectivity index (χ0n) is 22.2. The minimum atomic E-state index is -0.205. The van der Waals surface area contributed by atoms with Gasteiger partial charge in [-0.05, 0) is 65.8 Å². The van der Waals surface area contributed by atoms with E-state index in [9.17, 15) is 4.79 Å². The summed E-state index contributed by atoms with van der Waals surface area (Å²) < 4.78 is 17.4. The third-order valence-electron chi connectivity index (χ3n) is 6.66. The number of fused-ring (bicyclic) bond motifs is 2. The van der Waals surface area contributed by atoms with Gasteiger partial charge in [-0.25, -0.2) is 0 Å². The molecule has 1 aromatic heterocycles. The van der Waals surface area contributed by atoms with E-state index >= 15 is 0 Å². The molecule has 0 atom stereocenters. The highest BCUT2D eigenvalue weighted by Gasteiger charge is 2.16. The van der Waals surface area contributed by atoms with Gasteiger partial charge in [0, 0.05) is 34.3 Å². The SMILES string of the molecule is COc1cc2nccc(Oc3cc(C(=O)Nc4ccc(C(C)C)c(C)c4)cc4ccccc34)c2cc1OC. The van der Waals surface area contributed by atoms with Gasteiger partial charge in [0.25, 0.3) is 5.91 Å². The van der Waals surface area contributed by atoms with Gasteiger partial charge in [-0.2, -0.15) is 0 Å². The zero-order chi connectivity index (χ0) is 26.8. The molecule has 6 heteroatoms. The number of carbonyl (C=O) groups is 1. The lowest BCUT2D eigenvalue weighted by Gasteiger charge is -2.15. The summed E-state index contributed by atoms with van der Waals surface area (Å²) in [6.07, 6.45) is 1.69. The molecule has 38 heavy (non-hydrogen) atoms. The quantitative estimate of drug-likeness (QED) is 0.243. The number of methoxy groups -OCH3 is 2. The Morgan fingerprint density at radius 1 is 0.816 bits per heavy atom. The summed E-state index contributed by atoms with van der Waals surface area (Å²) in [5.74, 6) is 2.55. The fourth-order valence-corrected chi connectivity index (χ4v) is 4.75. The summed E-state index contributed by atoms with van der Waals surface area (Å²) in [6, 6.07) is 23.0. The van der Waals surface area contributed by atoms with E-state index < -0.39 is 0 Å². The van der Waals surface area contributed by atoms with Crippen LogP contribution in [-0.2, 0) is 0 Å². The Morgan fingerprint density at radius 2 is 1.58 bits per heavy atom. The van der Waals surface area contributed by atoms with E-state index in [2.05, 4.69) is 37.1 Å². The fraction of sp³-hybridized carbons (Fsp3) is 0.188. The minimum Gasteiger partial charge on any atom is -0.493 e. The number of anilines is 1. The van der Waals surface area contributed by atoms with Crippen LogP contribution in [0.3, 0.4) is 0 Å². The summed E-state index contributed by atoms with van der Waals surface area (Å²) in [7, 11) is 3.18. The summed E-state index contributed by atoms with van der Waals surface area (Å²) in [5.41, 5.74) is 4.38. The molecule has 6 nitrogen and oxygen atoms in total. The third-order valence-corrected chi connectivity index (χ3v) is 6.66. The van der Waals surface area contributed by atoms with Gasteiger partial charge in [-0.1, -0.05) is 44.2 Å². The Kier molecular flexibility index (Phi) is 6.88. The molecule has 0 saturated heterocycles. The first-order chi connectivity index (χ1) is 18.4. The number of aryl methyl sites for hydroxylation is 1. The molecule has 5 rings (SSSR count). The van der Waals surface area contributed by atoms with Gasteiger partial charge in [0.2, 0.25) is 0 Å². The summed E-state index contributed by atoms with van der Waals surface area (Å²) in [6.45, 7) is 6.39. The number of benzene rings is 4. The normalized spacial score (nSPS) is 11.1. The van der Waals surface area contributed by atoms with Crippen molar-refractivity contribution in [1.82, 2.24) is 4.98 Å². The van der Waals surface area contributed by atoms with Crippen LogP contribution >= 0.6 is 0 Å². The van der Waals surface area contributed by atoms with Crippen LogP contribution in [0.15, 0.2) is 79.0 Å². The molecule has 0 bridgehead atoms. The van der Waals surface area contributed by atoms with E-state index in [-0.39, 0.29) is 5.91 Å². The number of nitrogens with zero attached hydrogens (tertiary/aromatic N) is 1. The molecule has 0 fully saturated rings. The molecule has 0 unspecified atom stereocenters. The number of rotatable bonds is 7. The molecule has 5 aromatic rings. The highest BCUT2D eigenvalue weighted by atomic mass is 16.5. The second-order valence-electron chi connectivity index (χ2n) is 9.51. The van der Waals surface area contributed by atoms with Crippen molar-refractivity contribution < 1.29 is 19.0 Å². The van der Waals surface area contributed by atoms with E-state index in [0.717, 1.165) is 27.4 Å². The number of aromatic nitrogens is 1. The minimum absolute atomic E-state index is 0.205. The standard InChI is InChI=1S/C32H30N2O4/c1-19(2)24-11-10-23(14-20(24)3)34-32(35)22-15-21-8-6-7-9-25(21)29(16-22)38-28-12-13-33-27-18-31(37-5)30(36-4)17-26(27)28/h6-19H,1-5H3,(H,34,35). The van der Waals surface area contributed by atoms with Gasteiger partial charge in [0.05, 0.1) is 19.7 Å². The van der Waals surface area contributed by atoms with E-state index in [4.69, 9.17) is 14.2 Å². The Hall–Kier alpha value is -4.58. The van der Waals surface area contributed by atoms with Crippen molar-refractivity contribution in [1.29, 1.82) is 0 Å². The van der Waals surface area contributed by atoms with Crippen LogP contribution in [0.25, 0.3) is 21.7 Å². The molecule has 192 valence electrons. The van der Waals surface area contributed by atoms with Crippen molar-refractivity contribution in [2.45, 2.75) is 26.7 Å². The Bertz CT molecular complexity index is 1660. The molecule has 1 heterocycles. The topological polar surface area (TPSA) is 69.7 Å². The van der Waals surface area contributed by atoms with Gasteiger partial charge in [0.15, 0.2) is 11.5 Å². The monoisotopic (exact) mass is 506 g/mol. The molecule has 4 aromatic carbocycles. The van der Waals surface area contributed by atoms with Crippen LogP contribution in [0.1, 0.15) is 41.3 Å². The summed E-state index contributed by atoms with van der Waals surface area (Å²) in [5, 5.41) is 5.61. The molecule has 1 N–H and O–H groups in total. The zero-order valence-corrected chi connectivity index (χ0v) is 22.2. The van der Waals surface area contributed by atoms with E-state index in [0.29, 0.717) is 40.0 Å². The van der Waals surface area contributed by atoms with Crippen molar-refractivity contribution in [2.24, 2.45) is 0 Å². The van der Waals surface area contributed by atoms with Gasteiger partial charge in [-0.15, -0.1) is 0 Å². The lowest BCUT2D eigenvalue weighted by atomic mass is 9.97. The molecular formula is C32H30N2O4. The molecule has 1 amide bonds. The van der Waals surface area contributed by atoms with Gasteiger partial charge in [-0.3, -0.25) is 9.78 Å². The summed E-state index contributed by atoms with van der Waals surface area (Å²) >= 11 is 0. The predicted molar refractivity (Wildman–Crippen MR) is 152 cm³/mol. The number of amides is 1. The van der Waals surface area contributed by atoms with Crippen LogP contribution < -0.4 is 19.5 Å². The maximum atomic E-state index is 13.4. The molecule has 0 saturated carbocycles. The fourth-order valence-electron chi connectivity index (χ4n) is 4.75. The molecular weight excluding hydrogens is 476 g/mol. The van der Waals surface area contributed by atoms with Gasteiger partial charge in [0.1, 0.15) is 11.5 Å². The number of ether oxygens (including phenoxy) is 3. The maximum Gasteiger partial charge on any atom is 0.255 e. The predicted octanol–water partition coefficient (Wildman–Crippen LogP) is 7.88. The van der Waals surface area contributed by atoms with Crippen molar-refractivity contribution >= 4 is 33.3 Å². The van der Waals surface area contributed by atoms with Crippen LogP contribution in [-0.4, -0.2) is 25.1 Å². The van der Waals surface area contributed by atoms with Gasteiger partial charge >= 0.3 is 0 Å². The van der Waals surface area contributed by atoms with Crippen LogP contribution in [0.2, 0.25) is 0 Å². The second kappa shape index (κ2) is 10.4.